The van der Waals surface area contributed by atoms with Gasteiger partial charge in [-0.25, -0.2) is 8.78 Å². The fourth-order valence-corrected chi connectivity index (χ4v) is 3.74. The van der Waals surface area contributed by atoms with E-state index in [0.29, 0.717) is 39.0 Å². The summed E-state index contributed by atoms with van der Waals surface area (Å²) in [4.78, 5) is 27.4. The van der Waals surface area contributed by atoms with Crippen LogP contribution in [-0.2, 0) is 14.3 Å². The highest BCUT2D eigenvalue weighted by atomic mass is 19.1. The van der Waals surface area contributed by atoms with Crippen molar-refractivity contribution in [3.63, 3.8) is 0 Å². The molecule has 0 radical (unpaired) electrons. The lowest BCUT2D eigenvalue weighted by Gasteiger charge is -2.46. The van der Waals surface area contributed by atoms with E-state index in [2.05, 4.69) is 0 Å². The number of carbonyl (C=O) groups is 2. The highest BCUT2D eigenvalue weighted by Gasteiger charge is 2.42. The fourth-order valence-electron chi connectivity index (χ4n) is 3.74. The Hall–Kier alpha value is -2.06. The standard InChI is InChI=1S/C20H26F2N2O4/c1-23(2)18(25)13-27-15-5-10-28-20(12-15)6-8-24(9-7-20)19(26)16-4-3-14(21)11-17(16)22/h3-4,11,15H,5-10,12-13H2,1-2H3. The van der Waals surface area contributed by atoms with Gasteiger partial charge in [-0.3, -0.25) is 9.59 Å². The molecule has 3 rings (SSSR count). The summed E-state index contributed by atoms with van der Waals surface area (Å²) in [6.45, 7) is 1.45. The molecular weight excluding hydrogens is 370 g/mol. The fraction of sp³-hybridized carbons (Fsp3) is 0.600. The van der Waals surface area contributed by atoms with Gasteiger partial charge in [-0.15, -0.1) is 0 Å². The van der Waals surface area contributed by atoms with E-state index in [1.807, 2.05) is 0 Å². The zero-order chi connectivity index (χ0) is 20.3. The summed E-state index contributed by atoms with van der Waals surface area (Å²) in [7, 11) is 3.38. The summed E-state index contributed by atoms with van der Waals surface area (Å²) >= 11 is 0. The van der Waals surface area contributed by atoms with Crippen LogP contribution in [0.1, 0.15) is 36.0 Å². The van der Waals surface area contributed by atoms with Crippen LogP contribution in [0.15, 0.2) is 18.2 Å². The van der Waals surface area contributed by atoms with Gasteiger partial charge in [0.1, 0.15) is 18.2 Å². The Morgan fingerprint density at radius 1 is 1.29 bits per heavy atom. The van der Waals surface area contributed by atoms with Crippen LogP contribution < -0.4 is 0 Å². The van der Waals surface area contributed by atoms with Crippen LogP contribution in [0.5, 0.6) is 0 Å². The Balaban J connectivity index is 1.56. The van der Waals surface area contributed by atoms with Crippen LogP contribution in [0.3, 0.4) is 0 Å². The van der Waals surface area contributed by atoms with Crippen LogP contribution >= 0.6 is 0 Å². The highest BCUT2D eigenvalue weighted by Crippen LogP contribution is 2.36. The van der Waals surface area contributed by atoms with Crippen molar-refractivity contribution in [3.8, 4) is 0 Å². The first-order valence-corrected chi connectivity index (χ1v) is 9.50. The van der Waals surface area contributed by atoms with Crippen molar-refractivity contribution in [3.05, 3.63) is 35.4 Å². The van der Waals surface area contributed by atoms with Crippen molar-refractivity contribution in [1.29, 1.82) is 0 Å². The first-order valence-electron chi connectivity index (χ1n) is 9.50. The maximum Gasteiger partial charge on any atom is 0.256 e. The van der Waals surface area contributed by atoms with Gasteiger partial charge in [0, 0.05) is 46.3 Å². The number of halogens is 2. The SMILES string of the molecule is CN(C)C(=O)COC1CCOC2(CCN(C(=O)c3ccc(F)cc3F)CC2)C1. The summed E-state index contributed by atoms with van der Waals surface area (Å²) < 4.78 is 38.8. The number of hydrogen-bond acceptors (Lipinski definition) is 4. The van der Waals surface area contributed by atoms with Gasteiger partial charge in [0.05, 0.1) is 17.3 Å². The van der Waals surface area contributed by atoms with Crippen LogP contribution in [0.4, 0.5) is 8.78 Å². The lowest BCUT2D eigenvalue weighted by Crippen LogP contribution is -2.52. The van der Waals surface area contributed by atoms with Gasteiger partial charge in [-0.05, 0) is 31.4 Å². The van der Waals surface area contributed by atoms with Crippen molar-refractivity contribution in [1.82, 2.24) is 9.80 Å². The number of amides is 2. The number of rotatable bonds is 4. The summed E-state index contributed by atoms with van der Waals surface area (Å²) in [6, 6.07) is 2.99. The Morgan fingerprint density at radius 3 is 2.64 bits per heavy atom. The lowest BCUT2D eigenvalue weighted by atomic mass is 9.83. The Labute approximate surface area is 163 Å². The summed E-state index contributed by atoms with van der Waals surface area (Å²) in [5.74, 6) is -2.07. The van der Waals surface area contributed by atoms with Gasteiger partial charge < -0.3 is 19.3 Å². The van der Waals surface area contributed by atoms with E-state index in [4.69, 9.17) is 9.47 Å². The minimum atomic E-state index is -0.849. The molecule has 28 heavy (non-hydrogen) atoms. The van der Waals surface area contributed by atoms with Gasteiger partial charge in [0.15, 0.2) is 0 Å². The molecule has 1 spiro atoms. The smallest absolute Gasteiger partial charge is 0.256 e. The molecular formula is C20H26F2N2O4. The van der Waals surface area contributed by atoms with E-state index in [1.165, 1.54) is 11.0 Å². The quantitative estimate of drug-likeness (QED) is 0.783. The third kappa shape index (κ3) is 4.67. The number of carbonyl (C=O) groups excluding carboxylic acids is 2. The summed E-state index contributed by atoms with van der Waals surface area (Å²) in [5, 5.41) is 0. The number of hydrogen-bond donors (Lipinski definition) is 0. The molecule has 0 N–H and O–H groups in total. The van der Waals surface area contributed by atoms with Crippen LogP contribution in [0, 0.1) is 11.6 Å². The maximum atomic E-state index is 13.9. The minimum Gasteiger partial charge on any atom is -0.375 e. The van der Waals surface area contributed by atoms with Gasteiger partial charge >= 0.3 is 0 Å². The third-order valence-electron chi connectivity index (χ3n) is 5.51. The second kappa shape index (κ2) is 8.53. The van der Waals surface area contributed by atoms with E-state index in [9.17, 15) is 18.4 Å². The molecule has 2 heterocycles. The molecule has 0 bridgehead atoms. The lowest BCUT2D eigenvalue weighted by molar-refractivity contribution is -0.160. The molecule has 0 aromatic heterocycles. The Kier molecular flexibility index (Phi) is 6.30. The highest BCUT2D eigenvalue weighted by molar-refractivity contribution is 5.94. The predicted octanol–water partition coefficient (Wildman–Crippen LogP) is 2.22. The molecule has 2 saturated heterocycles. The third-order valence-corrected chi connectivity index (χ3v) is 5.51. The van der Waals surface area contributed by atoms with Crippen LogP contribution in [0.2, 0.25) is 0 Å². The number of likely N-dealkylation sites (tertiary alicyclic amines) is 1. The predicted molar refractivity (Wildman–Crippen MR) is 97.8 cm³/mol. The van der Waals surface area contributed by atoms with Gasteiger partial charge in [-0.1, -0.05) is 0 Å². The largest absolute Gasteiger partial charge is 0.375 e. The van der Waals surface area contributed by atoms with E-state index in [1.54, 1.807) is 19.0 Å². The molecule has 1 aromatic carbocycles. The molecule has 2 amide bonds. The molecule has 1 atom stereocenters. The average Bonchev–Trinajstić information content (AvgIpc) is 2.66. The van der Waals surface area contributed by atoms with E-state index in [-0.39, 0.29) is 29.8 Å². The van der Waals surface area contributed by atoms with Crippen molar-refractivity contribution < 1.29 is 27.8 Å². The van der Waals surface area contributed by atoms with E-state index >= 15 is 0 Å². The minimum absolute atomic E-state index is 0.0439. The topological polar surface area (TPSA) is 59.1 Å². The molecule has 2 aliphatic heterocycles. The molecule has 154 valence electrons. The number of likely N-dealkylation sites (N-methyl/N-ethyl adjacent to an activating group) is 1. The van der Waals surface area contributed by atoms with Crippen LogP contribution in [-0.4, -0.2) is 73.7 Å². The average molecular weight is 396 g/mol. The zero-order valence-electron chi connectivity index (χ0n) is 16.2. The Morgan fingerprint density at radius 2 is 2.00 bits per heavy atom. The molecule has 1 unspecified atom stereocenters. The van der Waals surface area contributed by atoms with Crippen LogP contribution in [0.25, 0.3) is 0 Å². The second-order valence-electron chi connectivity index (χ2n) is 7.66. The molecule has 8 heteroatoms. The first-order chi connectivity index (χ1) is 13.3. The molecule has 0 saturated carbocycles. The van der Waals surface area contributed by atoms with Gasteiger partial charge in [0.25, 0.3) is 5.91 Å². The number of nitrogens with zero attached hydrogens (tertiary/aromatic N) is 2. The second-order valence-corrected chi connectivity index (χ2v) is 7.66. The number of benzene rings is 1. The summed E-state index contributed by atoms with van der Waals surface area (Å²) in [5.41, 5.74) is -0.507. The molecule has 2 fully saturated rings. The number of ether oxygens (including phenoxy) is 2. The molecule has 0 aliphatic carbocycles. The monoisotopic (exact) mass is 396 g/mol. The van der Waals surface area contributed by atoms with Gasteiger partial charge in [-0.2, -0.15) is 0 Å². The van der Waals surface area contributed by atoms with E-state index < -0.39 is 17.5 Å². The molecule has 6 nitrogen and oxygen atoms in total. The van der Waals surface area contributed by atoms with E-state index in [0.717, 1.165) is 18.6 Å². The van der Waals surface area contributed by atoms with Crippen molar-refractivity contribution >= 4 is 11.8 Å². The first kappa shape index (κ1) is 20.7. The van der Waals surface area contributed by atoms with Gasteiger partial charge in [0.2, 0.25) is 5.91 Å². The zero-order valence-corrected chi connectivity index (χ0v) is 16.2. The molecule has 1 aromatic rings. The maximum absolute atomic E-state index is 13.9. The summed E-state index contributed by atoms with van der Waals surface area (Å²) in [6.07, 6.45) is 2.56. The Bertz CT molecular complexity index is 733. The van der Waals surface area contributed by atoms with Crippen molar-refractivity contribution in [2.75, 3.05) is 40.4 Å². The normalized spacial score (nSPS) is 21.6. The van der Waals surface area contributed by atoms with Crippen molar-refractivity contribution in [2.45, 2.75) is 37.4 Å². The molecule has 2 aliphatic rings. The number of piperidine rings is 1. The van der Waals surface area contributed by atoms with Crippen molar-refractivity contribution in [2.24, 2.45) is 0 Å².